The van der Waals surface area contributed by atoms with Crippen molar-refractivity contribution in [2.24, 2.45) is 0 Å². The lowest BCUT2D eigenvalue weighted by molar-refractivity contribution is -0.153. The first-order valence-corrected chi connectivity index (χ1v) is 10.2. The smallest absolute Gasteiger partial charge is 0.306 e. The lowest BCUT2D eigenvalue weighted by Crippen LogP contribution is -2.39. The third-order valence-corrected chi connectivity index (χ3v) is 5.14. The zero-order valence-electron chi connectivity index (χ0n) is 18.3. The second-order valence-corrected chi connectivity index (χ2v) is 7.70. The van der Waals surface area contributed by atoms with Crippen molar-refractivity contribution in [1.29, 1.82) is 0 Å². The minimum atomic E-state index is -0.436. The molecule has 0 unspecified atom stereocenters. The lowest BCUT2D eigenvalue weighted by Gasteiger charge is -2.26. The molecule has 0 radical (unpaired) electrons. The van der Waals surface area contributed by atoms with Crippen molar-refractivity contribution in [1.82, 2.24) is 24.5 Å². The molecule has 0 aliphatic carbocycles. The molecule has 9 nitrogen and oxygen atoms in total. The molecule has 2 aromatic heterocycles. The SMILES string of the molecule is Cc1nc2nc(N)nn2c(C)c1CCC(=O)OCC(=O)N(Cc1ccccc1)C(C)C. The van der Waals surface area contributed by atoms with Crippen LogP contribution in [0.25, 0.3) is 5.78 Å². The van der Waals surface area contributed by atoms with E-state index in [2.05, 4.69) is 15.1 Å². The lowest BCUT2D eigenvalue weighted by atomic mass is 10.1. The quantitative estimate of drug-likeness (QED) is 0.551. The van der Waals surface area contributed by atoms with Gasteiger partial charge in [0.15, 0.2) is 6.61 Å². The highest BCUT2D eigenvalue weighted by Gasteiger charge is 2.20. The van der Waals surface area contributed by atoms with Crippen LogP contribution in [-0.4, -0.2) is 49.0 Å². The maximum atomic E-state index is 12.6. The highest BCUT2D eigenvalue weighted by Crippen LogP contribution is 2.16. The Labute approximate surface area is 181 Å². The van der Waals surface area contributed by atoms with Crippen LogP contribution < -0.4 is 5.73 Å². The number of nitrogens with zero attached hydrogens (tertiary/aromatic N) is 5. The summed E-state index contributed by atoms with van der Waals surface area (Å²) in [5, 5.41) is 4.13. The van der Waals surface area contributed by atoms with Crippen LogP contribution in [-0.2, 0) is 27.3 Å². The fraction of sp³-hybridized carbons (Fsp3) is 0.409. The number of esters is 1. The summed E-state index contributed by atoms with van der Waals surface area (Å²) in [6.45, 7) is 7.80. The van der Waals surface area contributed by atoms with Crippen LogP contribution in [0.15, 0.2) is 30.3 Å². The number of aryl methyl sites for hydroxylation is 2. The molecule has 2 heterocycles. The second-order valence-electron chi connectivity index (χ2n) is 7.70. The zero-order chi connectivity index (χ0) is 22.5. The van der Waals surface area contributed by atoms with Gasteiger partial charge in [0.05, 0.1) is 0 Å². The van der Waals surface area contributed by atoms with Gasteiger partial charge in [-0.25, -0.2) is 4.98 Å². The minimum Gasteiger partial charge on any atom is -0.456 e. The van der Waals surface area contributed by atoms with E-state index in [1.807, 2.05) is 58.0 Å². The monoisotopic (exact) mass is 424 g/mol. The van der Waals surface area contributed by atoms with E-state index in [1.54, 1.807) is 9.42 Å². The predicted molar refractivity (Wildman–Crippen MR) is 116 cm³/mol. The highest BCUT2D eigenvalue weighted by molar-refractivity contribution is 5.81. The van der Waals surface area contributed by atoms with Gasteiger partial charge in [-0.15, -0.1) is 5.10 Å². The van der Waals surface area contributed by atoms with Crippen LogP contribution in [0.1, 0.15) is 42.8 Å². The molecular weight excluding hydrogens is 396 g/mol. The van der Waals surface area contributed by atoms with Gasteiger partial charge in [0.25, 0.3) is 11.7 Å². The Morgan fingerprint density at radius 1 is 1.16 bits per heavy atom. The van der Waals surface area contributed by atoms with Crippen LogP contribution in [0.3, 0.4) is 0 Å². The third kappa shape index (κ3) is 5.36. The summed E-state index contributed by atoms with van der Waals surface area (Å²) < 4.78 is 6.83. The number of nitrogen functional groups attached to an aromatic ring is 1. The van der Waals surface area contributed by atoms with Crippen molar-refractivity contribution < 1.29 is 14.3 Å². The summed E-state index contributed by atoms with van der Waals surface area (Å²) in [6.07, 6.45) is 0.554. The summed E-state index contributed by atoms with van der Waals surface area (Å²) in [4.78, 5) is 35.1. The second kappa shape index (κ2) is 9.55. The van der Waals surface area contributed by atoms with E-state index in [1.165, 1.54) is 0 Å². The van der Waals surface area contributed by atoms with Gasteiger partial charge in [0.1, 0.15) is 0 Å². The molecule has 1 aromatic carbocycles. The highest BCUT2D eigenvalue weighted by atomic mass is 16.5. The largest absolute Gasteiger partial charge is 0.456 e. The van der Waals surface area contributed by atoms with Gasteiger partial charge in [-0.2, -0.15) is 9.50 Å². The first-order valence-electron chi connectivity index (χ1n) is 10.2. The van der Waals surface area contributed by atoms with Crippen molar-refractivity contribution in [2.75, 3.05) is 12.3 Å². The summed E-state index contributed by atoms with van der Waals surface area (Å²) >= 11 is 0. The fourth-order valence-electron chi connectivity index (χ4n) is 3.45. The number of hydrogen-bond acceptors (Lipinski definition) is 7. The number of carbonyl (C=O) groups is 2. The Kier molecular flexibility index (Phi) is 6.84. The van der Waals surface area contributed by atoms with E-state index in [9.17, 15) is 9.59 Å². The molecule has 0 atom stereocenters. The minimum absolute atomic E-state index is 0.00961. The van der Waals surface area contributed by atoms with Crippen molar-refractivity contribution in [3.05, 3.63) is 52.8 Å². The van der Waals surface area contributed by atoms with E-state index < -0.39 is 5.97 Å². The van der Waals surface area contributed by atoms with E-state index in [0.29, 0.717) is 18.7 Å². The standard InChI is InChI=1S/C22H28N6O3/c1-14(2)27(12-17-8-6-5-7-9-17)19(29)13-31-20(30)11-10-18-15(3)24-22-25-21(23)26-28(22)16(18)4/h5-9,14H,10-13H2,1-4H3,(H2,23,26). The number of nitrogens with two attached hydrogens (primary N) is 1. The Morgan fingerprint density at radius 3 is 2.55 bits per heavy atom. The van der Waals surface area contributed by atoms with Gasteiger partial charge >= 0.3 is 5.97 Å². The number of benzene rings is 1. The maximum absolute atomic E-state index is 12.6. The third-order valence-electron chi connectivity index (χ3n) is 5.14. The van der Waals surface area contributed by atoms with Crippen molar-refractivity contribution in [2.45, 2.75) is 53.1 Å². The summed E-state index contributed by atoms with van der Waals surface area (Å²) in [6, 6.07) is 9.72. The molecule has 31 heavy (non-hydrogen) atoms. The van der Waals surface area contributed by atoms with Gasteiger partial charge in [0, 0.05) is 30.4 Å². The number of carbonyl (C=O) groups excluding carboxylic acids is 2. The van der Waals surface area contributed by atoms with E-state index in [4.69, 9.17) is 10.5 Å². The number of hydrogen-bond donors (Lipinski definition) is 1. The molecule has 2 N–H and O–H groups in total. The van der Waals surface area contributed by atoms with Crippen LogP contribution >= 0.6 is 0 Å². The molecule has 164 valence electrons. The normalized spacial score (nSPS) is 11.1. The Hall–Kier alpha value is -3.49. The molecule has 0 fully saturated rings. The molecule has 0 spiro atoms. The van der Waals surface area contributed by atoms with Crippen LogP contribution in [0, 0.1) is 13.8 Å². The van der Waals surface area contributed by atoms with Crippen molar-refractivity contribution >= 4 is 23.6 Å². The van der Waals surface area contributed by atoms with Gasteiger partial charge < -0.3 is 15.4 Å². The molecule has 0 saturated carbocycles. The fourth-order valence-corrected chi connectivity index (χ4v) is 3.45. The molecule has 9 heteroatoms. The number of fused-ring (bicyclic) bond motifs is 1. The van der Waals surface area contributed by atoms with Crippen molar-refractivity contribution in [3.63, 3.8) is 0 Å². The molecule has 3 rings (SSSR count). The van der Waals surface area contributed by atoms with Gasteiger partial charge in [-0.05, 0) is 45.2 Å². The van der Waals surface area contributed by atoms with Gasteiger partial charge in [0.2, 0.25) is 5.95 Å². The van der Waals surface area contributed by atoms with Crippen LogP contribution in [0.2, 0.25) is 0 Å². The van der Waals surface area contributed by atoms with Crippen molar-refractivity contribution in [3.8, 4) is 0 Å². The molecule has 1 amide bonds. The maximum Gasteiger partial charge on any atom is 0.306 e. The summed E-state index contributed by atoms with van der Waals surface area (Å²) in [5.41, 5.74) is 9.14. The average Bonchev–Trinajstić information content (AvgIpc) is 3.10. The molecule has 0 bridgehead atoms. The first-order chi connectivity index (χ1) is 14.8. The zero-order valence-corrected chi connectivity index (χ0v) is 18.3. The van der Waals surface area contributed by atoms with E-state index in [-0.39, 0.29) is 30.9 Å². The number of rotatable bonds is 8. The van der Waals surface area contributed by atoms with E-state index >= 15 is 0 Å². The van der Waals surface area contributed by atoms with Gasteiger partial charge in [-0.1, -0.05) is 30.3 Å². The summed E-state index contributed by atoms with van der Waals surface area (Å²) in [7, 11) is 0. The number of aromatic nitrogens is 4. The molecular formula is C22H28N6O3. The number of ether oxygens (including phenoxy) is 1. The van der Waals surface area contributed by atoms with Crippen LogP contribution in [0.4, 0.5) is 5.95 Å². The molecule has 0 aliphatic heterocycles. The summed E-state index contributed by atoms with van der Waals surface area (Å²) in [5.74, 6) is -0.0820. The molecule has 3 aromatic rings. The number of amides is 1. The number of anilines is 1. The Balaban J connectivity index is 1.57. The van der Waals surface area contributed by atoms with E-state index in [0.717, 1.165) is 22.5 Å². The molecule has 0 aliphatic rings. The topological polar surface area (TPSA) is 116 Å². The Bertz CT molecular complexity index is 1080. The first kappa shape index (κ1) is 22.2. The average molecular weight is 425 g/mol. The van der Waals surface area contributed by atoms with Gasteiger partial charge in [-0.3, -0.25) is 9.59 Å². The predicted octanol–water partition coefficient (Wildman–Crippen LogP) is 2.24. The van der Waals surface area contributed by atoms with Crippen LogP contribution in [0.5, 0.6) is 0 Å². The molecule has 0 saturated heterocycles. The Morgan fingerprint density at radius 2 is 1.87 bits per heavy atom.